The van der Waals surface area contributed by atoms with E-state index in [2.05, 4.69) is 5.32 Å². The van der Waals surface area contributed by atoms with Crippen LogP contribution in [-0.4, -0.2) is 25.4 Å². The van der Waals surface area contributed by atoms with Gasteiger partial charge in [0.1, 0.15) is 0 Å². The van der Waals surface area contributed by atoms with Gasteiger partial charge in [-0.25, -0.2) is 0 Å². The number of halogens is 8. The van der Waals surface area contributed by atoms with Crippen molar-refractivity contribution in [1.29, 1.82) is 0 Å². The van der Waals surface area contributed by atoms with Crippen LogP contribution < -0.4 is 10.2 Å². The third kappa shape index (κ3) is 6.96. The molecule has 3 atom stereocenters. The van der Waals surface area contributed by atoms with Crippen LogP contribution in [0.2, 0.25) is 10.0 Å². The van der Waals surface area contributed by atoms with Crippen LogP contribution in [-0.2, 0) is 6.42 Å². The first-order valence-electron chi connectivity index (χ1n) is 12.2. The van der Waals surface area contributed by atoms with Crippen LogP contribution in [0.15, 0.2) is 72.8 Å². The van der Waals surface area contributed by atoms with Gasteiger partial charge in [0.25, 0.3) is 0 Å². The van der Waals surface area contributed by atoms with E-state index in [4.69, 9.17) is 23.2 Å². The van der Waals surface area contributed by atoms with Crippen LogP contribution in [0.5, 0.6) is 0 Å². The van der Waals surface area contributed by atoms with Gasteiger partial charge in [-0.15, -0.1) is 0 Å². The van der Waals surface area contributed by atoms with Gasteiger partial charge in [-0.05, 0) is 91.4 Å². The van der Waals surface area contributed by atoms with E-state index in [0.717, 1.165) is 55.8 Å². The molecule has 1 heterocycles. The molecule has 0 aliphatic carbocycles. The minimum Gasteiger partial charge on any atom is -0.340 e. The zero-order chi connectivity index (χ0) is 27.5. The lowest BCUT2D eigenvalue weighted by atomic mass is 9.95. The van der Waals surface area contributed by atoms with Crippen LogP contribution in [0.3, 0.4) is 0 Å². The molecule has 1 N–H and O–H groups in total. The molecule has 0 radical (unpaired) electrons. The normalized spacial score (nSPS) is 17.8. The summed E-state index contributed by atoms with van der Waals surface area (Å²) in [6.45, 7) is 1.86. The fraction of sp³-hybridized carbons (Fsp3) is 0.357. The molecule has 0 saturated carbocycles. The van der Waals surface area contributed by atoms with Crippen LogP contribution in [0.1, 0.15) is 41.6 Å². The molecule has 38 heavy (non-hydrogen) atoms. The standard InChI is InChI=1S/C28H26Cl2F6N2/c29-22-9-5-20(6-10-22)25(27(31,32)33)38(26(28(34,35)36)21-7-11-23(30)12-8-21)24-13-3-18(4-14-24)1-2-19-15-16-37-17-19/h3-14,19,25-26,37H,1-2,15-17H2. The van der Waals surface area contributed by atoms with Gasteiger partial charge in [-0.1, -0.05) is 59.6 Å². The molecule has 1 fully saturated rings. The molecule has 0 spiro atoms. The average molecular weight is 575 g/mol. The number of hydrogen-bond donors (Lipinski definition) is 1. The minimum atomic E-state index is -5.04. The number of anilines is 1. The van der Waals surface area contributed by atoms with Crippen molar-refractivity contribution < 1.29 is 26.3 Å². The Morgan fingerprint density at radius 2 is 1.21 bits per heavy atom. The maximum Gasteiger partial charge on any atom is 0.413 e. The monoisotopic (exact) mass is 574 g/mol. The molecule has 3 aromatic carbocycles. The van der Waals surface area contributed by atoms with Crippen molar-refractivity contribution in [2.24, 2.45) is 5.92 Å². The van der Waals surface area contributed by atoms with Gasteiger partial charge >= 0.3 is 12.4 Å². The van der Waals surface area contributed by atoms with Crippen LogP contribution in [0.4, 0.5) is 32.0 Å². The van der Waals surface area contributed by atoms with Crippen molar-refractivity contribution in [2.75, 3.05) is 18.0 Å². The van der Waals surface area contributed by atoms with Crippen molar-refractivity contribution in [1.82, 2.24) is 5.32 Å². The fourth-order valence-electron chi connectivity index (χ4n) is 4.92. The maximum absolute atomic E-state index is 14.7. The smallest absolute Gasteiger partial charge is 0.340 e. The van der Waals surface area contributed by atoms with Crippen molar-refractivity contribution in [3.05, 3.63) is 99.5 Å². The van der Waals surface area contributed by atoms with Crippen LogP contribution in [0, 0.1) is 5.92 Å². The predicted molar refractivity (Wildman–Crippen MR) is 139 cm³/mol. The topological polar surface area (TPSA) is 15.3 Å². The Kier molecular flexibility index (Phi) is 8.85. The zero-order valence-corrected chi connectivity index (χ0v) is 21.7. The van der Waals surface area contributed by atoms with Gasteiger partial charge in [0.2, 0.25) is 0 Å². The third-order valence-electron chi connectivity index (χ3n) is 6.79. The molecule has 0 bridgehead atoms. The molecule has 0 aromatic heterocycles. The Bertz CT molecular complexity index is 1110. The molecular formula is C28H26Cl2F6N2. The van der Waals surface area contributed by atoms with E-state index >= 15 is 0 Å². The van der Waals surface area contributed by atoms with Gasteiger partial charge in [0.15, 0.2) is 12.1 Å². The van der Waals surface area contributed by atoms with E-state index in [-0.39, 0.29) is 26.9 Å². The second kappa shape index (κ2) is 11.8. The highest BCUT2D eigenvalue weighted by Crippen LogP contribution is 2.49. The minimum absolute atomic E-state index is 0.174. The van der Waals surface area contributed by atoms with E-state index in [9.17, 15) is 26.3 Å². The molecule has 10 heteroatoms. The molecule has 4 rings (SSSR count). The van der Waals surface area contributed by atoms with E-state index < -0.39 is 24.4 Å². The zero-order valence-electron chi connectivity index (χ0n) is 20.2. The molecule has 1 aliphatic rings. The molecular weight excluding hydrogens is 549 g/mol. The quantitative estimate of drug-likeness (QED) is 0.270. The Morgan fingerprint density at radius 1 is 0.737 bits per heavy atom. The lowest BCUT2D eigenvalue weighted by Gasteiger charge is -2.42. The van der Waals surface area contributed by atoms with E-state index in [1.807, 2.05) is 0 Å². The molecule has 1 aliphatic heterocycles. The summed E-state index contributed by atoms with van der Waals surface area (Å²) in [6.07, 6.45) is -7.46. The Morgan fingerprint density at radius 3 is 1.61 bits per heavy atom. The van der Waals surface area contributed by atoms with Gasteiger partial charge in [-0.2, -0.15) is 26.3 Å². The summed E-state index contributed by atoms with van der Waals surface area (Å²) in [5.74, 6) is 0.505. The Labute approximate surface area is 227 Å². The lowest BCUT2D eigenvalue weighted by Crippen LogP contribution is -2.46. The summed E-state index contributed by atoms with van der Waals surface area (Å²) >= 11 is 11.8. The van der Waals surface area contributed by atoms with Crippen molar-refractivity contribution in [2.45, 2.75) is 43.7 Å². The van der Waals surface area contributed by atoms with Gasteiger partial charge in [0.05, 0.1) is 0 Å². The van der Waals surface area contributed by atoms with Gasteiger partial charge in [-0.3, -0.25) is 0 Å². The third-order valence-corrected chi connectivity index (χ3v) is 7.29. The fourth-order valence-corrected chi connectivity index (χ4v) is 5.17. The van der Waals surface area contributed by atoms with Crippen LogP contribution in [0.25, 0.3) is 0 Å². The number of nitrogens with one attached hydrogen (secondary N) is 1. The summed E-state index contributed by atoms with van der Waals surface area (Å²) in [6, 6.07) is 10.1. The molecule has 1 saturated heterocycles. The second-order valence-corrected chi connectivity index (χ2v) is 10.3. The molecule has 204 valence electrons. The first-order valence-corrected chi connectivity index (χ1v) is 12.9. The SMILES string of the molecule is FC(F)(F)C(c1ccc(Cl)cc1)N(c1ccc(CCC2CCNC2)cc1)C(c1ccc(Cl)cc1)C(F)(F)F. The van der Waals surface area contributed by atoms with E-state index in [1.54, 1.807) is 12.1 Å². The number of rotatable bonds is 8. The predicted octanol–water partition coefficient (Wildman–Crippen LogP) is 8.95. The molecule has 3 unspecified atom stereocenters. The Balaban J connectivity index is 1.81. The highest BCUT2D eigenvalue weighted by molar-refractivity contribution is 6.30. The number of nitrogens with zero attached hydrogens (tertiary/aromatic N) is 1. The number of aryl methyl sites for hydroxylation is 1. The highest BCUT2D eigenvalue weighted by Gasteiger charge is 2.54. The number of alkyl halides is 6. The summed E-state index contributed by atoms with van der Waals surface area (Å²) in [4.78, 5) is 0.400. The number of benzene rings is 3. The summed E-state index contributed by atoms with van der Waals surface area (Å²) in [7, 11) is 0. The largest absolute Gasteiger partial charge is 0.413 e. The summed E-state index contributed by atoms with van der Waals surface area (Å²) in [5.41, 5.74) is -0.0672. The van der Waals surface area contributed by atoms with E-state index in [1.165, 1.54) is 36.4 Å². The Hall–Kier alpha value is -2.42. The lowest BCUT2D eigenvalue weighted by molar-refractivity contribution is -0.176. The maximum atomic E-state index is 14.7. The first-order chi connectivity index (χ1) is 17.9. The highest BCUT2D eigenvalue weighted by atomic mass is 35.5. The van der Waals surface area contributed by atoms with Crippen molar-refractivity contribution in [3.8, 4) is 0 Å². The molecule has 0 amide bonds. The van der Waals surface area contributed by atoms with Crippen molar-refractivity contribution >= 4 is 28.9 Å². The average Bonchev–Trinajstić information content (AvgIpc) is 3.37. The van der Waals surface area contributed by atoms with Crippen molar-refractivity contribution in [3.63, 3.8) is 0 Å². The first kappa shape index (κ1) is 28.6. The summed E-state index contributed by atoms with van der Waals surface area (Å²) in [5, 5.41) is 3.64. The van der Waals surface area contributed by atoms with Crippen LogP contribution >= 0.6 is 23.2 Å². The van der Waals surface area contributed by atoms with Gasteiger partial charge < -0.3 is 10.2 Å². The van der Waals surface area contributed by atoms with E-state index in [0.29, 0.717) is 17.2 Å². The second-order valence-electron chi connectivity index (χ2n) is 9.46. The number of hydrogen-bond acceptors (Lipinski definition) is 2. The summed E-state index contributed by atoms with van der Waals surface area (Å²) < 4.78 is 88.0. The molecule has 3 aromatic rings. The molecule has 2 nitrogen and oxygen atoms in total. The van der Waals surface area contributed by atoms with Gasteiger partial charge in [0, 0.05) is 15.7 Å².